The van der Waals surface area contributed by atoms with E-state index < -0.39 is 25.9 Å². The van der Waals surface area contributed by atoms with Crippen LogP contribution >= 0.6 is 0 Å². The molecule has 9 heteroatoms. The maximum atomic E-state index is 13.1. The molecule has 0 atom stereocenters. The molecule has 1 fully saturated rings. The summed E-state index contributed by atoms with van der Waals surface area (Å²) < 4.78 is 63.4. The lowest BCUT2D eigenvalue weighted by Gasteiger charge is -2.32. The van der Waals surface area contributed by atoms with Gasteiger partial charge in [0.15, 0.2) is 0 Å². The molecule has 0 bridgehead atoms. The van der Waals surface area contributed by atoms with Crippen LogP contribution < -0.4 is 0 Å². The molecule has 0 saturated carbocycles. The molecular formula is C12H17FN2O4S2. The highest BCUT2D eigenvalue weighted by molar-refractivity contribution is 7.89. The summed E-state index contributed by atoms with van der Waals surface area (Å²) in [6.45, 7) is 1.96. The molecule has 1 aromatic rings. The van der Waals surface area contributed by atoms with E-state index in [0.717, 1.165) is 12.3 Å². The van der Waals surface area contributed by atoms with Gasteiger partial charge < -0.3 is 0 Å². The number of hydrogen-bond acceptors (Lipinski definition) is 4. The largest absolute Gasteiger partial charge is 0.243 e. The van der Waals surface area contributed by atoms with E-state index in [-0.39, 0.29) is 31.1 Å². The van der Waals surface area contributed by atoms with Gasteiger partial charge in [0.1, 0.15) is 5.82 Å². The molecule has 1 heterocycles. The number of hydrogen-bond donors (Lipinski definition) is 0. The summed E-state index contributed by atoms with van der Waals surface area (Å²) in [5, 5.41) is 0. The monoisotopic (exact) mass is 336 g/mol. The molecule has 0 aliphatic carbocycles. The van der Waals surface area contributed by atoms with Crippen molar-refractivity contribution in [3.63, 3.8) is 0 Å². The number of nitrogens with zero attached hydrogens (tertiary/aromatic N) is 2. The Balaban J connectivity index is 2.23. The molecule has 0 amide bonds. The van der Waals surface area contributed by atoms with E-state index in [0.29, 0.717) is 5.56 Å². The highest BCUT2D eigenvalue weighted by Gasteiger charge is 2.32. The van der Waals surface area contributed by atoms with Gasteiger partial charge in [-0.3, -0.25) is 0 Å². The van der Waals surface area contributed by atoms with Crippen LogP contribution in [0, 0.1) is 12.7 Å². The van der Waals surface area contributed by atoms with Crippen molar-refractivity contribution >= 4 is 20.0 Å². The summed E-state index contributed by atoms with van der Waals surface area (Å²) in [6, 6.07) is 3.51. The van der Waals surface area contributed by atoms with Crippen LogP contribution in [0.3, 0.4) is 0 Å². The van der Waals surface area contributed by atoms with Crippen molar-refractivity contribution in [3.05, 3.63) is 29.6 Å². The van der Waals surface area contributed by atoms with Crippen LogP contribution in [0.25, 0.3) is 0 Å². The Bertz CT molecular complexity index is 739. The minimum Gasteiger partial charge on any atom is -0.213 e. The maximum absolute atomic E-state index is 13.1. The third-order valence-corrected chi connectivity index (χ3v) is 6.78. The first-order chi connectivity index (χ1) is 9.62. The third kappa shape index (κ3) is 3.42. The van der Waals surface area contributed by atoms with Crippen LogP contribution in [-0.4, -0.2) is 57.9 Å². The van der Waals surface area contributed by atoms with Gasteiger partial charge in [-0.25, -0.2) is 21.2 Å². The van der Waals surface area contributed by atoms with Gasteiger partial charge in [0.2, 0.25) is 20.0 Å². The lowest BCUT2D eigenvalue weighted by Crippen LogP contribution is -2.50. The minimum atomic E-state index is -3.73. The first-order valence-electron chi connectivity index (χ1n) is 6.34. The standard InChI is InChI=1S/C12H17FN2O4S2/c1-10-9-11(13)3-4-12(10)21(18,19)15-7-5-14(6-8-15)20(2,16)17/h3-4,9H,5-8H2,1-2H3. The fraction of sp³-hybridized carbons (Fsp3) is 0.500. The normalized spacial score (nSPS) is 18.8. The van der Waals surface area contributed by atoms with Crippen molar-refractivity contribution in [2.45, 2.75) is 11.8 Å². The fourth-order valence-corrected chi connectivity index (χ4v) is 4.74. The molecule has 0 aromatic heterocycles. The summed E-state index contributed by atoms with van der Waals surface area (Å²) in [5.74, 6) is -0.492. The first kappa shape index (κ1) is 16.3. The van der Waals surface area contributed by atoms with E-state index in [1.54, 1.807) is 0 Å². The topological polar surface area (TPSA) is 74.8 Å². The zero-order chi connectivity index (χ0) is 15.8. The lowest BCUT2D eigenvalue weighted by molar-refractivity contribution is 0.274. The second kappa shape index (κ2) is 5.64. The minimum absolute atomic E-state index is 0.0525. The van der Waals surface area contributed by atoms with Crippen molar-refractivity contribution in [1.82, 2.24) is 8.61 Å². The van der Waals surface area contributed by atoms with Crippen LogP contribution in [0.5, 0.6) is 0 Å². The molecule has 0 radical (unpaired) electrons. The van der Waals surface area contributed by atoms with E-state index in [1.165, 1.54) is 27.7 Å². The molecule has 1 aromatic carbocycles. The molecule has 118 valence electrons. The molecule has 1 aliphatic rings. The Labute approximate surface area is 124 Å². The van der Waals surface area contributed by atoms with E-state index in [1.807, 2.05) is 0 Å². The van der Waals surface area contributed by atoms with Gasteiger partial charge in [-0.15, -0.1) is 0 Å². The number of rotatable bonds is 3. The SMILES string of the molecule is Cc1cc(F)ccc1S(=O)(=O)N1CCN(S(C)(=O)=O)CC1. The number of benzene rings is 1. The Hall–Kier alpha value is -1.03. The smallest absolute Gasteiger partial charge is 0.213 e. The summed E-state index contributed by atoms with van der Waals surface area (Å²) in [6.07, 6.45) is 1.10. The van der Waals surface area contributed by atoms with Crippen molar-refractivity contribution in [1.29, 1.82) is 0 Å². The van der Waals surface area contributed by atoms with Gasteiger partial charge in [0.25, 0.3) is 0 Å². The Kier molecular flexibility index (Phi) is 4.39. The lowest BCUT2D eigenvalue weighted by atomic mass is 10.2. The zero-order valence-corrected chi connectivity index (χ0v) is 13.4. The molecule has 0 N–H and O–H groups in total. The second-order valence-corrected chi connectivity index (χ2v) is 8.86. The Morgan fingerprint density at radius 1 is 1.00 bits per heavy atom. The predicted molar refractivity (Wildman–Crippen MR) is 76.3 cm³/mol. The Morgan fingerprint density at radius 3 is 2.00 bits per heavy atom. The fourth-order valence-electron chi connectivity index (χ4n) is 2.28. The van der Waals surface area contributed by atoms with E-state index in [2.05, 4.69) is 0 Å². The van der Waals surface area contributed by atoms with Crippen molar-refractivity contribution in [3.8, 4) is 0 Å². The van der Waals surface area contributed by atoms with Crippen LogP contribution in [-0.2, 0) is 20.0 Å². The average Bonchev–Trinajstić information content (AvgIpc) is 2.37. The molecule has 21 heavy (non-hydrogen) atoms. The van der Waals surface area contributed by atoms with Crippen LogP contribution in [0.1, 0.15) is 5.56 Å². The number of aryl methyl sites for hydroxylation is 1. The highest BCUT2D eigenvalue weighted by Crippen LogP contribution is 2.22. The zero-order valence-electron chi connectivity index (χ0n) is 11.8. The van der Waals surface area contributed by atoms with Crippen LogP contribution in [0.4, 0.5) is 4.39 Å². The molecule has 0 spiro atoms. The second-order valence-electron chi connectivity index (χ2n) is 4.98. The van der Waals surface area contributed by atoms with Crippen molar-refractivity contribution in [2.75, 3.05) is 32.4 Å². The van der Waals surface area contributed by atoms with Crippen LogP contribution in [0.2, 0.25) is 0 Å². The van der Waals surface area contributed by atoms with E-state index in [9.17, 15) is 21.2 Å². The molecule has 1 saturated heterocycles. The van der Waals surface area contributed by atoms with Crippen molar-refractivity contribution < 1.29 is 21.2 Å². The summed E-state index contributed by atoms with van der Waals surface area (Å²) in [4.78, 5) is 0.0525. The molecule has 6 nitrogen and oxygen atoms in total. The molecule has 0 unspecified atom stereocenters. The summed E-state index contributed by atoms with van der Waals surface area (Å²) in [5.41, 5.74) is 0.334. The number of sulfonamides is 2. The Morgan fingerprint density at radius 2 is 1.52 bits per heavy atom. The van der Waals surface area contributed by atoms with Gasteiger partial charge in [-0.1, -0.05) is 0 Å². The predicted octanol–water partition coefficient (Wildman–Crippen LogP) is 0.400. The number of piperazine rings is 1. The van der Waals surface area contributed by atoms with Gasteiger partial charge in [-0.2, -0.15) is 8.61 Å². The highest BCUT2D eigenvalue weighted by atomic mass is 32.2. The maximum Gasteiger partial charge on any atom is 0.243 e. The van der Waals surface area contributed by atoms with E-state index >= 15 is 0 Å². The summed E-state index contributed by atoms with van der Waals surface area (Å²) >= 11 is 0. The van der Waals surface area contributed by atoms with Gasteiger partial charge in [0.05, 0.1) is 11.2 Å². The van der Waals surface area contributed by atoms with Gasteiger partial charge in [0, 0.05) is 26.2 Å². The average molecular weight is 336 g/mol. The molecular weight excluding hydrogens is 319 g/mol. The van der Waals surface area contributed by atoms with Gasteiger partial charge >= 0.3 is 0 Å². The van der Waals surface area contributed by atoms with Crippen molar-refractivity contribution in [2.24, 2.45) is 0 Å². The molecule has 1 aliphatic heterocycles. The van der Waals surface area contributed by atoms with Crippen LogP contribution in [0.15, 0.2) is 23.1 Å². The first-order valence-corrected chi connectivity index (χ1v) is 9.62. The molecule has 2 rings (SSSR count). The summed E-state index contributed by atoms with van der Waals surface area (Å²) in [7, 11) is -7.04. The van der Waals surface area contributed by atoms with Gasteiger partial charge in [-0.05, 0) is 30.7 Å². The van der Waals surface area contributed by atoms with E-state index in [4.69, 9.17) is 0 Å². The number of halogens is 1. The quantitative estimate of drug-likeness (QED) is 0.801. The third-order valence-electron chi connectivity index (χ3n) is 3.42.